The molecule has 0 bridgehead atoms. The highest BCUT2D eigenvalue weighted by Gasteiger charge is 2.19. The van der Waals surface area contributed by atoms with Gasteiger partial charge in [-0.15, -0.1) is 0 Å². The number of ether oxygens (including phenoxy) is 1. The Balaban J connectivity index is 2.16. The number of hydrogen-bond acceptors (Lipinski definition) is 4. The molecular formula is C16H15NO4. The number of carbonyl (C=O) groups is 1. The van der Waals surface area contributed by atoms with E-state index in [0.29, 0.717) is 5.56 Å². The molecule has 21 heavy (non-hydrogen) atoms. The summed E-state index contributed by atoms with van der Waals surface area (Å²) in [5.74, 6) is -0.556. The van der Waals surface area contributed by atoms with Crippen molar-refractivity contribution in [2.45, 2.75) is 20.5 Å². The van der Waals surface area contributed by atoms with Gasteiger partial charge < -0.3 is 4.74 Å². The van der Waals surface area contributed by atoms with Gasteiger partial charge in [0.15, 0.2) is 0 Å². The van der Waals surface area contributed by atoms with E-state index in [1.807, 2.05) is 31.2 Å². The Bertz CT molecular complexity index is 694. The molecule has 0 aromatic heterocycles. The van der Waals surface area contributed by atoms with Gasteiger partial charge in [-0.05, 0) is 31.0 Å². The third kappa shape index (κ3) is 3.25. The Morgan fingerprint density at radius 2 is 1.86 bits per heavy atom. The summed E-state index contributed by atoms with van der Waals surface area (Å²) in [6, 6.07) is 12.0. The van der Waals surface area contributed by atoms with Crippen molar-refractivity contribution in [1.29, 1.82) is 0 Å². The van der Waals surface area contributed by atoms with Crippen molar-refractivity contribution in [3.63, 3.8) is 0 Å². The average molecular weight is 285 g/mol. The molecular weight excluding hydrogens is 270 g/mol. The molecule has 2 aromatic rings. The van der Waals surface area contributed by atoms with Crippen LogP contribution in [-0.2, 0) is 11.3 Å². The molecule has 5 nitrogen and oxygen atoms in total. The lowest BCUT2D eigenvalue weighted by Gasteiger charge is -2.09. The zero-order valence-electron chi connectivity index (χ0n) is 11.8. The average Bonchev–Trinajstić information content (AvgIpc) is 2.46. The Kier molecular flexibility index (Phi) is 4.33. The summed E-state index contributed by atoms with van der Waals surface area (Å²) in [5, 5.41) is 10.9. The van der Waals surface area contributed by atoms with Gasteiger partial charge in [-0.3, -0.25) is 10.1 Å². The van der Waals surface area contributed by atoms with E-state index in [2.05, 4.69) is 0 Å². The largest absolute Gasteiger partial charge is 0.457 e. The summed E-state index contributed by atoms with van der Waals surface area (Å²) in [7, 11) is 0. The van der Waals surface area contributed by atoms with Gasteiger partial charge >= 0.3 is 5.97 Å². The molecule has 0 atom stereocenters. The second-order valence-corrected chi connectivity index (χ2v) is 4.71. The lowest BCUT2D eigenvalue weighted by molar-refractivity contribution is -0.385. The number of nitrogens with zero attached hydrogens (tertiary/aromatic N) is 1. The predicted molar refractivity (Wildman–Crippen MR) is 78.1 cm³/mol. The van der Waals surface area contributed by atoms with Crippen LogP contribution in [0.5, 0.6) is 0 Å². The number of benzene rings is 2. The van der Waals surface area contributed by atoms with Gasteiger partial charge in [0.05, 0.1) is 10.5 Å². The highest BCUT2D eigenvalue weighted by Crippen LogP contribution is 2.22. The third-order valence-corrected chi connectivity index (χ3v) is 3.34. The number of rotatable bonds is 4. The first kappa shape index (κ1) is 14.7. The van der Waals surface area contributed by atoms with Gasteiger partial charge in [0.1, 0.15) is 6.61 Å². The Hall–Kier alpha value is -2.69. The van der Waals surface area contributed by atoms with Gasteiger partial charge in [0, 0.05) is 11.6 Å². The quantitative estimate of drug-likeness (QED) is 0.489. The first-order valence-electron chi connectivity index (χ1n) is 6.46. The summed E-state index contributed by atoms with van der Waals surface area (Å²) in [4.78, 5) is 22.4. The Labute approximate surface area is 122 Å². The smallest absolute Gasteiger partial charge is 0.338 e. The molecule has 0 aliphatic rings. The number of nitro benzene ring substituents is 1. The molecule has 2 rings (SSSR count). The van der Waals surface area contributed by atoms with Crippen LogP contribution < -0.4 is 0 Å². The number of esters is 1. The number of hydrogen-bond donors (Lipinski definition) is 0. The molecule has 0 unspecified atom stereocenters. The van der Waals surface area contributed by atoms with E-state index < -0.39 is 10.9 Å². The molecule has 0 fully saturated rings. The molecule has 0 heterocycles. The maximum Gasteiger partial charge on any atom is 0.338 e. The van der Waals surface area contributed by atoms with E-state index in [1.165, 1.54) is 18.2 Å². The second-order valence-electron chi connectivity index (χ2n) is 4.71. The first-order valence-corrected chi connectivity index (χ1v) is 6.46. The van der Waals surface area contributed by atoms with Crippen molar-refractivity contribution >= 4 is 11.7 Å². The van der Waals surface area contributed by atoms with Crippen LogP contribution in [0.3, 0.4) is 0 Å². The SMILES string of the molecule is Cc1ccccc1COC(=O)c1cccc([N+](=O)[O-])c1C. The summed E-state index contributed by atoms with van der Waals surface area (Å²) in [5.41, 5.74) is 2.39. The van der Waals surface area contributed by atoms with E-state index >= 15 is 0 Å². The molecule has 0 saturated heterocycles. The molecule has 0 radical (unpaired) electrons. The van der Waals surface area contributed by atoms with E-state index in [-0.39, 0.29) is 17.9 Å². The topological polar surface area (TPSA) is 69.4 Å². The lowest BCUT2D eigenvalue weighted by Crippen LogP contribution is -2.09. The molecule has 0 saturated carbocycles. The first-order chi connectivity index (χ1) is 10.0. The van der Waals surface area contributed by atoms with Gasteiger partial charge in [0.25, 0.3) is 5.69 Å². The van der Waals surface area contributed by atoms with Crippen molar-refractivity contribution in [2.75, 3.05) is 0 Å². The van der Waals surface area contributed by atoms with E-state index in [9.17, 15) is 14.9 Å². The molecule has 2 aromatic carbocycles. The van der Waals surface area contributed by atoms with Crippen LogP contribution in [-0.4, -0.2) is 10.9 Å². The summed E-state index contributed by atoms with van der Waals surface area (Å²) in [6.07, 6.45) is 0. The maximum atomic E-state index is 12.1. The fraction of sp³-hybridized carbons (Fsp3) is 0.188. The number of nitro groups is 1. The molecule has 0 aliphatic carbocycles. The zero-order chi connectivity index (χ0) is 15.4. The van der Waals surface area contributed by atoms with E-state index in [0.717, 1.165) is 11.1 Å². The normalized spacial score (nSPS) is 10.2. The molecule has 0 amide bonds. The van der Waals surface area contributed by atoms with Crippen molar-refractivity contribution < 1.29 is 14.5 Å². The Morgan fingerprint density at radius 3 is 2.52 bits per heavy atom. The molecule has 108 valence electrons. The number of aryl methyl sites for hydroxylation is 1. The van der Waals surface area contributed by atoms with Crippen LogP contribution >= 0.6 is 0 Å². The van der Waals surface area contributed by atoms with Crippen LogP contribution in [0.15, 0.2) is 42.5 Å². The van der Waals surface area contributed by atoms with Crippen molar-refractivity contribution in [2.24, 2.45) is 0 Å². The summed E-state index contributed by atoms with van der Waals surface area (Å²) < 4.78 is 5.25. The van der Waals surface area contributed by atoms with Gasteiger partial charge in [-0.25, -0.2) is 4.79 Å². The third-order valence-electron chi connectivity index (χ3n) is 3.34. The van der Waals surface area contributed by atoms with E-state index in [1.54, 1.807) is 6.92 Å². The van der Waals surface area contributed by atoms with Crippen molar-refractivity contribution in [1.82, 2.24) is 0 Å². The summed E-state index contributed by atoms with van der Waals surface area (Å²) in [6.45, 7) is 3.62. The predicted octanol–water partition coefficient (Wildman–Crippen LogP) is 3.57. The second kappa shape index (κ2) is 6.17. The molecule has 0 N–H and O–H groups in total. The van der Waals surface area contributed by atoms with Gasteiger partial charge in [-0.1, -0.05) is 30.3 Å². The maximum absolute atomic E-state index is 12.1. The monoisotopic (exact) mass is 285 g/mol. The van der Waals surface area contributed by atoms with E-state index in [4.69, 9.17) is 4.74 Å². The van der Waals surface area contributed by atoms with Crippen molar-refractivity contribution in [3.05, 3.63) is 74.8 Å². The van der Waals surface area contributed by atoms with Crippen LogP contribution in [0.4, 0.5) is 5.69 Å². The molecule has 0 spiro atoms. The van der Waals surface area contributed by atoms with Gasteiger partial charge in [-0.2, -0.15) is 0 Å². The molecule has 0 aliphatic heterocycles. The van der Waals surface area contributed by atoms with Crippen LogP contribution in [0.2, 0.25) is 0 Å². The van der Waals surface area contributed by atoms with Crippen molar-refractivity contribution in [3.8, 4) is 0 Å². The number of carbonyl (C=O) groups excluding carboxylic acids is 1. The summed E-state index contributed by atoms with van der Waals surface area (Å²) >= 11 is 0. The fourth-order valence-corrected chi connectivity index (χ4v) is 2.04. The Morgan fingerprint density at radius 1 is 1.14 bits per heavy atom. The minimum absolute atomic E-state index is 0.0830. The molecule has 5 heteroatoms. The lowest BCUT2D eigenvalue weighted by atomic mass is 10.1. The van der Waals surface area contributed by atoms with Gasteiger partial charge in [0.2, 0.25) is 0 Å². The fourth-order valence-electron chi connectivity index (χ4n) is 2.04. The van der Waals surface area contributed by atoms with Crippen LogP contribution in [0.25, 0.3) is 0 Å². The highest BCUT2D eigenvalue weighted by atomic mass is 16.6. The highest BCUT2D eigenvalue weighted by molar-refractivity contribution is 5.92. The standard InChI is InChI=1S/C16H15NO4/c1-11-6-3-4-7-13(11)10-21-16(18)14-8-5-9-15(12(14)2)17(19)20/h3-9H,10H2,1-2H3. The minimum atomic E-state index is -0.556. The van der Waals surface area contributed by atoms with Crippen LogP contribution in [0.1, 0.15) is 27.0 Å². The van der Waals surface area contributed by atoms with Crippen LogP contribution in [0, 0.1) is 24.0 Å². The zero-order valence-corrected chi connectivity index (χ0v) is 11.8. The minimum Gasteiger partial charge on any atom is -0.457 e.